The maximum absolute atomic E-state index is 13.0. The van der Waals surface area contributed by atoms with Gasteiger partial charge in [-0.2, -0.15) is 0 Å². The van der Waals surface area contributed by atoms with E-state index >= 15 is 0 Å². The zero-order valence-corrected chi connectivity index (χ0v) is 17.1. The summed E-state index contributed by atoms with van der Waals surface area (Å²) in [5, 5.41) is 3.03. The first-order valence-corrected chi connectivity index (χ1v) is 9.97. The van der Waals surface area contributed by atoms with Gasteiger partial charge in [0.05, 0.1) is 18.7 Å². The predicted molar refractivity (Wildman–Crippen MR) is 119 cm³/mol. The Labute approximate surface area is 176 Å². The number of rotatable bonds is 5. The minimum absolute atomic E-state index is 0.0737. The highest BCUT2D eigenvalue weighted by molar-refractivity contribution is 6.05. The summed E-state index contributed by atoms with van der Waals surface area (Å²) in [7, 11) is 1.58. The lowest BCUT2D eigenvalue weighted by atomic mass is 10.0. The van der Waals surface area contributed by atoms with Crippen LogP contribution in [0.1, 0.15) is 12.0 Å². The van der Waals surface area contributed by atoms with Crippen LogP contribution >= 0.6 is 0 Å². The number of ether oxygens (including phenoxy) is 1. The zero-order valence-electron chi connectivity index (χ0n) is 17.1. The average Bonchev–Trinajstić information content (AvgIpc) is 3.16. The molecule has 1 atom stereocenters. The highest BCUT2D eigenvalue weighted by Gasteiger charge is 2.36. The van der Waals surface area contributed by atoms with Crippen molar-refractivity contribution in [1.29, 1.82) is 0 Å². The molecule has 0 aromatic heterocycles. The Hall–Kier alpha value is -3.60. The van der Waals surface area contributed by atoms with Crippen LogP contribution < -0.4 is 15.0 Å². The summed E-state index contributed by atoms with van der Waals surface area (Å²) in [6.45, 7) is 2.30. The van der Waals surface area contributed by atoms with E-state index < -0.39 is 5.92 Å². The summed E-state index contributed by atoms with van der Waals surface area (Å²) in [5.41, 5.74) is 4.47. The van der Waals surface area contributed by atoms with Gasteiger partial charge in [0, 0.05) is 24.2 Å². The number of amides is 2. The first kappa shape index (κ1) is 19.7. The second-order valence-electron chi connectivity index (χ2n) is 7.48. The van der Waals surface area contributed by atoms with Crippen LogP contribution in [0, 0.1) is 12.8 Å². The second kappa shape index (κ2) is 8.41. The number of hydrogen-bond donors (Lipinski definition) is 1. The normalized spacial score (nSPS) is 15.9. The molecule has 5 nitrogen and oxygen atoms in total. The number of nitrogens with zero attached hydrogens (tertiary/aromatic N) is 1. The zero-order chi connectivity index (χ0) is 21.1. The molecule has 3 aromatic rings. The Morgan fingerprint density at radius 2 is 1.77 bits per heavy atom. The van der Waals surface area contributed by atoms with Crippen molar-refractivity contribution < 1.29 is 14.3 Å². The lowest BCUT2D eigenvalue weighted by Crippen LogP contribution is -2.28. The summed E-state index contributed by atoms with van der Waals surface area (Å²) in [6.07, 6.45) is 0.177. The molecule has 1 saturated heterocycles. The van der Waals surface area contributed by atoms with Crippen molar-refractivity contribution in [3.05, 3.63) is 78.4 Å². The molecule has 4 rings (SSSR count). The first-order chi connectivity index (χ1) is 14.6. The Morgan fingerprint density at radius 3 is 2.53 bits per heavy atom. The Bertz CT molecular complexity index is 1080. The van der Waals surface area contributed by atoms with Crippen LogP contribution in [0.2, 0.25) is 0 Å². The number of nitrogens with one attached hydrogen (secondary N) is 1. The summed E-state index contributed by atoms with van der Waals surface area (Å²) < 4.78 is 5.42. The third kappa shape index (κ3) is 3.92. The van der Waals surface area contributed by atoms with Gasteiger partial charge in [-0.1, -0.05) is 54.6 Å². The van der Waals surface area contributed by atoms with E-state index in [0.29, 0.717) is 18.0 Å². The molecule has 0 spiro atoms. The summed E-state index contributed by atoms with van der Waals surface area (Å²) in [6, 6.07) is 23.3. The highest BCUT2D eigenvalue weighted by Crippen LogP contribution is 2.35. The Balaban J connectivity index is 1.54. The maximum Gasteiger partial charge on any atom is 0.229 e. The standard InChI is InChI=1S/C25H24N2O3/c1-17-12-13-23(30-2)22(14-17)27-16-19(15-24(27)28)25(29)26-21-11-7-6-10-20(21)18-8-4-3-5-9-18/h3-14,19H,15-16H2,1-2H3,(H,26,29). The van der Waals surface area contributed by atoms with E-state index in [-0.39, 0.29) is 18.2 Å². The van der Waals surface area contributed by atoms with Gasteiger partial charge in [0.2, 0.25) is 11.8 Å². The van der Waals surface area contributed by atoms with Crippen LogP contribution in [0.15, 0.2) is 72.8 Å². The number of para-hydroxylation sites is 1. The van der Waals surface area contributed by atoms with E-state index in [0.717, 1.165) is 22.4 Å². The van der Waals surface area contributed by atoms with Crippen molar-refractivity contribution in [2.45, 2.75) is 13.3 Å². The average molecular weight is 400 g/mol. The predicted octanol–water partition coefficient (Wildman–Crippen LogP) is 4.66. The van der Waals surface area contributed by atoms with Gasteiger partial charge in [0.15, 0.2) is 0 Å². The molecule has 1 N–H and O–H groups in total. The minimum atomic E-state index is -0.424. The summed E-state index contributed by atoms with van der Waals surface area (Å²) in [4.78, 5) is 27.4. The lowest BCUT2D eigenvalue weighted by Gasteiger charge is -2.20. The van der Waals surface area contributed by atoms with E-state index in [2.05, 4.69) is 5.32 Å². The Morgan fingerprint density at radius 1 is 1.03 bits per heavy atom. The van der Waals surface area contributed by atoms with Crippen molar-refractivity contribution in [2.75, 3.05) is 23.9 Å². The molecule has 30 heavy (non-hydrogen) atoms. The third-order valence-electron chi connectivity index (χ3n) is 5.39. The van der Waals surface area contributed by atoms with E-state index in [1.165, 1.54) is 0 Å². The molecule has 1 heterocycles. The second-order valence-corrected chi connectivity index (χ2v) is 7.48. The first-order valence-electron chi connectivity index (χ1n) is 9.97. The molecule has 1 unspecified atom stereocenters. The Kier molecular flexibility index (Phi) is 5.53. The summed E-state index contributed by atoms with van der Waals surface area (Å²) >= 11 is 0. The number of aryl methyl sites for hydroxylation is 1. The molecule has 2 amide bonds. The molecular formula is C25H24N2O3. The van der Waals surface area contributed by atoms with Gasteiger partial charge in [0.1, 0.15) is 5.75 Å². The number of benzene rings is 3. The summed E-state index contributed by atoms with van der Waals surface area (Å²) in [5.74, 6) is -0.0211. The number of methoxy groups -OCH3 is 1. The minimum Gasteiger partial charge on any atom is -0.495 e. The highest BCUT2D eigenvalue weighted by atomic mass is 16.5. The topological polar surface area (TPSA) is 58.6 Å². The molecule has 3 aromatic carbocycles. The molecule has 152 valence electrons. The number of carbonyl (C=O) groups excluding carboxylic acids is 2. The van der Waals surface area contributed by atoms with Gasteiger partial charge in [0.25, 0.3) is 0 Å². The smallest absolute Gasteiger partial charge is 0.229 e. The molecule has 0 aliphatic carbocycles. The van der Waals surface area contributed by atoms with Crippen molar-refractivity contribution in [3.8, 4) is 16.9 Å². The fourth-order valence-electron chi connectivity index (χ4n) is 3.82. The lowest BCUT2D eigenvalue weighted by molar-refractivity contribution is -0.122. The van der Waals surface area contributed by atoms with E-state index in [4.69, 9.17) is 4.74 Å². The monoisotopic (exact) mass is 400 g/mol. The molecular weight excluding hydrogens is 376 g/mol. The molecule has 1 aliphatic rings. The number of anilines is 2. The van der Waals surface area contributed by atoms with E-state index in [1.54, 1.807) is 12.0 Å². The van der Waals surface area contributed by atoms with Crippen molar-refractivity contribution in [1.82, 2.24) is 0 Å². The van der Waals surface area contributed by atoms with Gasteiger partial charge < -0.3 is 15.0 Å². The van der Waals surface area contributed by atoms with Gasteiger partial charge >= 0.3 is 0 Å². The molecule has 0 radical (unpaired) electrons. The fraction of sp³-hybridized carbons (Fsp3) is 0.200. The fourth-order valence-corrected chi connectivity index (χ4v) is 3.82. The van der Waals surface area contributed by atoms with E-state index in [9.17, 15) is 9.59 Å². The quantitative estimate of drug-likeness (QED) is 0.678. The molecule has 0 saturated carbocycles. The number of hydrogen-bond acceptors (Lipinski definition) is 3. The molecule has 1 fully saturated rings. The van der Waals surface area contributed by atoms with Crippen LogP contribution in [-0.2, 0) is 9.59 Å². The van der Waals surface area contributed by atoms with Gasteiger partial charge in [-0.05, 0) is 36.2 Å². The molecule has 0 bridgehead atoms. The van der Waals surface area contributed by atoms with Gasteiger partial charge in [-0.3, -0.25) is 9.59 Å². The van der Waals surface area contributed by atoms with Gasteiger partial charge in [-0.25, -0.2) is 0 Å². The van der Waals surface area contributed by atoms with Crippen molar-refractivity contribution in [3.63, 3.8) is 0 Å². The molecule has 5 heteroatoms. The van der Waals surface area contributed by atoms with Crippen LogP contribution in [0.4, 0.5) is 11.4 Å². The van der Waals surface area contributed by atoms with Crippen molar-refractivity contribution in [2.24, 2.45) is 5.92 Å². The van der Waals surface area contributed by atoms with E-state index in [1.807, 2.05) is 79.7 Å². The number of carbonyl (C=O) groups is 2. The molecule has 1 aliphatic heterocycles. The largest absolute Gasteiger partial charge is 0.495 e. The third-order valence-corrected chi connectivity index (χ3v) is 5.39. The van der Waals surface area contributed by atoms with Crippen LogP contribution in [0.3, 0.4) is 0 Å². The van der Waals surface area contributed by atoms with Crippen LogP contribution in [0.5, 0.6) is 5.75 Å². The van der Waals surface area contributed by atoms with Crippen LogP contribution in [0.25, 0.3) is 11.1 Å². The van der Waals surface area contributed by atoms with Crippen LogP contribution in [-0.4, -0.2) is 25.5 Å². The SMILES string of the molecule is COc1ccc(C)cc1N1CC(C(=O)Nc2ccccc2-c2ccccc2)CC1=O. The van der Waals surface area contributed by atoms with Gasteiger partial charge in [-0.15, -0.1) is 0 Å². The van der Waals surface area contributed by atoms with Crippen molar-refractivity contribution >= 4 is 23.2 Å². The maximum atomic E-state index is 13.0.